The molecule has 0 aromatic heterocycles. The maximum absolute atomic E-state index is 10.9. The van der Waals surface area contributed by atoms with Gasteiger partial charge in [0, 0.05) is 4.20 Å². The summed E-state index contributed by atoms with van der Waals surface area (Å²) in [5.41, 5.74) is 0. The Bertz CT molecular complexity index is 46.9. The van der Waals surface area contributed by atoms with E-state index in [4.69, 9.17) is 0 Å². The maximum Gasteiger partial charge on any atom is 0.534 e. The molecule has 0 saturated carbocycles. The summed E-state index contributed by atoms with van der Waals surface area (Å²) in [6, 6.07) is 0. The molecule has 0 rings (SSSR count). The van der Waals surface area contributed by atoms with E-state index in [0.29, 0.717) is 0 Å². The molecule has 0 saturated heterocycles. The topological polar surface area (TPSA) is 17.1 Å². The van der Waals surface area contributed by atoms with Crippen LogP contribution in [0.15, 0.2) is 0 Å². The van der Waals surface area contributed by atoms with Gasteiger partial charge >= 0.3 is 15.0 Å². The summed E-state index contributed by atoms with van der Waals surface area (Å²) < 4.78 is 20.1. The van der Waals surface area contributed by atoms with Crippen LogP contribution in [-0.2, 0) is 4.57 Å². The van der Waals surface area contributed by atoms with Gasteiger partial charge in [0.2, 0.25) is 0 Å². The van der Waals surface area contributed by atoms with Crippen molar-refractivity contribution in [3.05, 3.63) is 0 Å². The summed E-state index contributed by atoms with van der Waals surface area (Å²) in [6.45, 7) is 2.42. The highest BCUT2D eigenvalue weighted by Crippen LogP contribution is 2.15. The van der Waals surface area contributed by atoms with Crippen LogP contribution < -0.4 is 0 Å². The fourth-order valence-electron chi connectivity index (χ4n) is 0. The number of hydrogen-bond donors (Lipinski definition) is 0. The van der Waals surface area contributed by atoms with E-state index in [2.05, 4.69) is 0 Å². The van der Waals surface area contributed by atoms with Crippen molar-refractivity contribution in [3.8, 4) is 0 Å². The second-order valence-corrected chi connectivity index (χ2v) is 1.59. The van der Waals surface area contributed by atoms with Crippen molar-refractivity contribution < 1.29 is 8.76 Å². The zero-order chi connectivity index (χ0) is 4.28. The molecule has 0 amide bonds. The maximum atomic E-state index is 10.9. The van der Waals surface area contributed by atoms with E-state index in [-0.39, 0.29) is 0 Å². The third kappa shape index (κ3) is 4.09. The van der Waals surface area contributed by atoms with E-state index in [9.17, 15) is 8.76 Å². The molecule has 0 aliphatic rings. The van der Waals surface area contributed by atoms with Gasteiger partial charge in [0.25, 0.3) is 0 Å². The lowest BCUT2D eigenvalue weighted by molar-refractivity contribution is 0.570. The molecule has 1 nitrogen and oxygen atoms in total. The number of hydrogen-bond acceptors (Lipinski definition) is 1. The van der Waals surface area contributed by atoms with Crippen LogP contribution in [-0.4, -0.2) is 7.00 Å². The smallest absolute Gasteiger partial charge is 0.0548 e. The Morgan fingerprint density at radius 2 is 2.20 bits per heavy atom. The van der Waals surface area contributed by atoms with Crippen LogP contribution in [0.4, 0.5) is 4.20 Å². The Kier molecular flexibility index (Phi) is 2.38. The SMILES string of the molecule is C[B][P+](=O)F. The van der Waals surface area contributed by atoms with Crippen LogP contribution in [0.5, 0.6) is 0 Å². The standard InChI is InChI=1S/CH3BFOP/c1-2-5(3)4/h1H3/q+1. The van der Waals surface area contributed by atoms with E-state index in [1.165, 1.54) is 6.82 Å². The largest absolute Gasteiger partial charge is 0.534 e. The lowest BCUT2D eigenvalue weighted by Gasteiger charge is -1.41. The van der Waals surface area contributed by atoms with Crippen molar-refractivity contribution in [3.63, 3.8) is 0 Å². The lowest BCUT2D eigenvalue weighted by atomic mass is 10.2. The number of rotatable bonds is 1. The van der Waals surface area contributed by atoms with E-state index in [1.54, 1.807) is 0 Å². The molecule has 0 fully saturated rings. The molecule has 1 unspecified atom stereocenters. The molecule has 0 aliphatic carbocycles. The first-order valence-corrected chi connectivity index (χ1v) is 2.41. The summed E-state index contributed by atoms with van der Waals surface area (Å²) >= 11 is 0. The molecule has 0 aromatic carbocycles. The van der Waals surface area contributed by atoms with Crippen LogP contribution in [0, 0.1) is 0 Å². The van der Waals surface area contributed by atoms with Crippen LogP contribution >= 0.6 is 7.99 Å². The second kappa shape index (κ2) is 2.34. The highest BCUT2D eigenvalue weighted by atomic mass is 31.1. The van der Waals surface area contributed by atoms with Crippen LogP contribution in [0.1, 0.15) is 0 Å². The summed E-state index contributed by atoms with van der Waals surface area (Å²) in [4.78, 5) is 0. The second-order valence-electron chi connectivity index (χ2n) is 0.530. The van der Waals surface area contributed by atoms with Crippen LogP contribution in [0.25, 0.3) is 0 Å². The molecule has 4 heteroatoms. The van der Waals surface area contributed by atoms with Crippen molar-refractivity contribution in [2.75, 3.05) is 0 Å². The van der Waals surface area contributed by atoms with Gasteiger partial charge in [-0.3, -0.25) is 0 Å². The van der Waals surface area contributed by atoms with Gasteiger partial charge in [-0.2, -0.15) is 0 Å². The van der Waals surface area contributed by atoms with Crippen molar-refractivity contribution in [1.82, 2.24) is 0 Å². The summed E-state index contributed by atoms with van der Waals surface area (Å²) in [5.74, 6) is 0. The first-order valence-electron chi connectivity index (χ1n) is 1.19. The zero-order valence-corrected chi connectivity index (χ0v) is 3.71. The van der Waals surface area contributed by atoms with Gasteiger partial charge in [0.1, 0.15) is 0 Å². The van der Waals surface area contributed by atoms with Gasteiger partial charge in [-0.1, -0.05) is 4.57 Å². The third-order valence-corrected chi connectivity index (χ3v) is 0.609. The van der Waals surface area contributed by atoms with E-state index in [0.717, 1.165) is 7.00 Å². The molecule has 0 N–H and O–H groups in total. The molecular weight excluding hydrogens is 88.8 g/mol. The molecule has 1 radical (unpaired) electrons. The Hall–Kier alpha value is 0.0949. The first-order chi connectivity index (χ1) is 2.27. The first kappa shape index (κ1) is 5.09. The molecule has 0 spiro atoms. The molecule has 0 bridgehead atoms. The van der Waals surface area contributed by atoms with Crippen molar-refractivity contribution in [1.29, 1.82) is 0 Å². The third-order valence-electron chi connectivity index (χ3n) is 0.203. The highest BCUT2D eigenvalue weighted by molar-refractivity contribution is 7.71. The molecule has 1 atom stereocenters. The predicted octanol–water partition coefficient (Wildman–Crippen LogP) is 1.37. The molecule has 5 heavy (non-hydrogen) atoms. The molecule has 27 valence electrons. The van der Waals surface area contributed by atoms with Crippen LogP contribution in [0.2, 0.25) is 6.82 Å². The van der Waals surface area contributed by atoms with E-state index < -0.39 is 7.99 Å². The fraction of sp³-hybridized carbons (Fsp3) is 1.00. The summed E-state index contributed by atoms with van der Waals surface area (Å²) in [7, 11) is -2.47. The average molecular weight is 91.8 g/mol. The summed E-state index contributed by atoms with van der Waals surface area (Å²) in [5, 5.41) is 0. The highest BCUT2D eigenvalue weighted by Gasteiger charge is 2.10. The minimum Gasteiger partial charge on any atom is -0.0548 e. The summed E-state index contributed by atoms with van der Waals surface area (Å²) in [6.07, 6.45) is 0. The van der Waals surface area contributed by atoms with Crippen LogP contribution in [0.3, 0.4) is 0 Å². The molecular formula is CH3BFOP+. The van der Waals surface area contributed by atoms with Gasteiger partial charge in [0.15, 0.2) is 0 Å². The van der Waals surface area contributed by atoms with Crippen molar-refractivity contribution in [2.24, 2.45) is 0 Å². The Balaban J connectivity index is 2.85. The Morgan fingerprint density at radius 1 is 2.00 bits per heavy atom. The minimum atomic E-state index is -2.47. The molecule has 0 aromatic rings. The van der Waals surface area contributed by atoms with Crippen molar-refractivity contribution >= 4 is 15.0 Å². The van der Waals surface area contributed by atoms with Gasteiger partial charge in [-0.15, -0.1) is 0 Å². The zero-order valence-electron chi connectivity index (χ0n) is 2.81. The Morgan fingerprint density at radius 3 is 2.20 bits per heavy atom. The van der Waals surface area contributed by atoms with Gasteiger partial charge in [-0.25, -0.2) is 0 Å². The van der Waals surface area contributed by atoms with E-state index in [1.807, 2.05) is 0 Å². The Labute approximate surface area is 31.7 Å². The van der Waals surface area contributed by atoms with Gasteiger partial charge < -0.3 is 0 Å². The fourth-order valence-corrected chi connectivity index (χ4v) is 0. The molecule has 0 heterocycles. The predicted molar refractivity (Wildman–Crippen MR) is 20.3 cm³/mol. The van der Waals surface area contributed by atoms with Gasteiger partial charge in [-0.05, 0) is 6.82 Å². The normalized spacial score (nSPS) is 10.4. The van der Waals surface area contributed by atoms with Gasteiger partial charge in [0.05, 0.1) is 0 Å². The molecule has 0 aliphatic heterocycles. The minimum absolute atomic E-state index is 1.01. The quantitative estimate of drug-likeness (QED) is 0.352. The monoisotopic (exact) mass is 92.0 g/mol. The average Bonchev–Trinajstić information content (AvgIpc) is 1.38. The van der Waals surface area contributed by atoms with E-state index >= 15 is 0 Å². The lowest BCUT2D eigenvalue weighted by Crippen LogP contribution is -1.57. The number of halogens is 1. The van der Waals surface area contributed by atoms with Crippen molar-refractivity contribution in [2.45, 2.75) is 6.82 Å².